The number of nitro benzene ring substituents is 1. The summed E-state index contributed by atoms with van der Waals surface area (Å²) < 4.78 is 16.3. The van der Waals surface area contributed by atoms with Gasteiger partial charge in [0, 0.05) is 57.2 Å². The molecule has 0 unspecified atom stereocenters. The zero-order valence-electron chi connectivity index (χ0n) is 14.9. The molecule has 0 saturated carbocycles. The van der Waals surface area contributed by atoms with E-state index in [9.17, 15) is 14.9 Å². The summed E-state index contributed by atoms with van der Waals surface area (Å²) in [4.78, 5) is 24.9. The first kappa shape index (κ1) is 18.4. The molecule has 0 spiro atoms. The van der Waals surface area contributed by atoms with Crippen molar-refractivity contribution in [3.8, 4) is 11.5 Å². The minimum atomic E-state index is -0.483. The van der Waals surface area contributed by atoms with Gasteiger partial charge in [0.2, 0.25) is 11.7 Å². The number of benzene rings is 1. The number of hydrogen-bond donors (Lipinski definition) is 0. The topological polar surface area (TPSA) is 91.1 Å². The van der Waals surface area contributed by atoms with Crippen LogP contribution in [0.1, 0.15) is 25.7 Å². The van der Waals surface area contributed by atoms with Crippen molar-refractivity contribution in [2.24, 2.45) is 5.92 Å². The number of nitro groups is 1. The number of methoxy groups -OCH3 is 1. The van der Waals surface area contributed by atoms with E-state index in [4.69, 9.17) is 14.2 Å². The van der Waals surface area contributed by atoms with Gasteiger partial charge in [-0.3, -0.25) is 14.9 Å². The second kappa shape index (κ2) is 8.35. The summed E-state index contributed by atoms with van der Waals surface area (Å²) in [5.41, 5.74) is -0.0864. The van der Waals surface area contributed by atoms with E-state index in [1.54, 1.807) is 6.07 Å². The van der Waals surface area contributed by atoms with Crippen molar-refractivity contribution < 1.29 is 23.9 Å². The fourth-order valence-corrected chi connectivity index (χ4v) is 3.47. The molecule has 2 fully saturated rings. The van der Waals surface area contributed by atoms with Crippen LogP contribution in [0, 0.1) is 16.0 Å². The van der Waals surface area contributed by atoms with Gasteiger partial charge in [0.05, 0.1) is 12.0 Å². The summed E-state index contributed by atoms with van der Waals surface area (Å²) in [6.45, 7) is 2.67. The van der Waals surface area contributed by atoms with Crippen LogP contribution in [0.25, 0.3) is 0 Å². The number of rotatable bonds is 5. The first-order chi connectivity index (χ1) is 12.6. The van der Waals surface area contributed by atoms with Crippen LogP contribution >= 0.6 is 0 Å². The van der Waals surface area contributed by atoms with Gasteiger partial charge >= 0.3 is 5.69 Å². The molecule has 2 saturated heterocycles. The minimum Gasteiger partial charge on any atom is -0.490 e. The molecule has 26 heavy (non-hydrogen) atoms. The third-order valence-electron chi connectivity index (χ3n) is 4.97. The van der Waals surface area contributed by atoms with Crippen LogP contribution in [0.4, 0.5) is 5.69 Å². The molecule has 3 rings (SSSR count). The molecule has 2 aliphatic rings. The second-order valence-corrected chi connectivity index (χ2v) is 6.62. The van der Waals surface area contributed by atoms with Gasteiger partial charge in [0.25, 0.3) is 0 Å². The average molecular weight is 364 g/mol. The highest BCUT2D eigenvalue weighted by molar-refractivity contribution is 5.79. The maximum atomic E-state index is 12.6. The van der Waals surface area contributed by atoms with Gasteiger partial charge < -0.3 is 19.1 Å². The molecule has 8 nitrogen and oxygen atoms in total. The van der Waals surface area contributed by atoms with E-state index in [2.05, 4.69) is 0 Å². The quantitative estimate of drug-likeness (QED) is 0.588. The molecule has 0 aliphatic carbocycles. The maximum absolute atomic E-state index is 12.6. The Hall–Kier alpha value is -2.35. The Kier molecular flexibility index (Phi) is 5.92. The van der Waals surface area contributed by atoms with Crippen molar-refractivity contribution in [3.05, 3.63) is 28.3 Å². The van der Waals surface area contributed by atoms with Gasteiger partial charge in [-0.25, -0.2) is 0 Å². The largest absolute Gasteiger partial charge is 0.490 e. The van der Waals surface area contributed by atoms with Crippen LogP contribution in [0.5, 0.6) is 11.5 Å². The zero-order chi connectivity index (χ0) is 18.5. The van der Waals surface area contributed by atoms with Crippen LogP contribution in [-0.4, -0.2) is 55.2 Å². The fourth-order valence-electron chi connectivity index (χ4n) is 3.47. The SMILES string of the molecule is COc1cc(OC2CCN(C(=O)C3CCOCC3)CC2)ccc1[N+](=O)[O-]. The lowest BCUT2D eigenvalue weighted by molar-refractivity contribution is -0.385. The molecule has 0 atom stereocenters. The number of carbonyl (C=O) groups excluding carboxylic acids is 1. The smallest absolute Gasteiger partial charge is 0.311 e. The van der Waals surface area contributed by atoms with Gasteiger partial charge in [-0.2, -0.15) is 0 Å². The predicted molar refractivity (Wildman–Crippen MR) is 93.4 cm³/mol. The molecule has 1 aromatic carbocycles. The molecular formula is C18H24N2O6. The molecule has 2 heterocycles. The third kappa shape index (κ3) is 4.24. The van der Waals surface area contributed by atoms with Crippen LogP contribution in [0.2, 0.25) is 0 Å². The van der Waals surface area contributed by atoms with Crippen molar-refractivity contribution in [1.29, 1.82) is 0 Å². The monoisotopic (exact) mass is 364 g/mol. The lowest BCUT2D eigenvalue weighted by atomic mass is 9.97. The Bertz CT molecular complexity index is 651. The van der Waals surface area contributed by atoms with Crippen LogP contribution < -0.4 is 9.47 Å². The molecule has 1 amide bonds. The van der Waals surface area contributed by atoms with E-state index in [0.717, 1.165) is 25.7 Å². The Morgan fingerprint density at radius 2 is 1.92 bits per heavy atom. The average Bonchev–Trinajstić information content (AvgIpc) is 2.68. The first-order valence-electron chi connectivity index (χ1n) is 8.94. The predicted octanol–water partition coefficient (Wildman–Crippen LogP) is 2.40. The van der Waals surface area contributed by atoms with E-state index in [1.165, 1.54) is 19.2 Å². The van der Waals surface area contributed by atoms with Gasteiger partial charge in [0.1, 0.15) is 11.9 Å². The summed E-state index contributed by atoms with van der Waals surface area (Å²) in [5.74, 6) is 1.03. The van der Waals surface area contributed by atoms with Gasteiger partial charge in [0.15, 0.2) is 0 Å². The van der Waals surface area contributed by atoms with E-state index >= 15 is 0 Å². The van der Waals surface area contributed by atoms with Crippen molar-refractivity contribution >= 4 is 11.6 Å². The van der Waals surface area contributed by atoms with Crippen LogP contribution in [0.15, 0.2) is 18.2 Å². The Labute approximate surface area is 152 Å². The van der Waals surface area contributed by atoms with Crippen molar-refractivity contribution in [2.75, 3.05) is 33.4 Å². The van der Waals surface area contributed by atoms with Gasteiger partial charge in [-0.15, -0.1) is 0 Å². The first-order valence-corrected chi connectivity index (χ1v) is 8.94. The van der Waals surface area contributed by atoms with E-state index < -0.39 is 4.92 Å². The second-order valence-electron chi connectivity index (χ2n) is 6.62. The number of piperidine rings is 1. The summed E-state index contributed by atoms with van der Waals surface area (Å²) in [7, 11) is 1.40. The molecular weight excluding hydrogens is 340 g/mol. The van der Waals surface area contributed by atoms with Gasteiger partial charge in [-0.1, -0.05) is 0 Å². The number of ether oxygens (including phenoxy) is 3. The Balaban J connectivity index is 1.54. The normalized spacial score (nSPS) is 19.2. The Morgan fingerprint density at radius 3 is 2.54 bits per heavy atom. The number of hydrogen-bond acceptors (Lipinski definition) is 6. The Morgan fingerprint density at radius 1 is 1.23 bits per heavy atom. The molecule has 0 aromatic heterocycles. The number of amides is 1. The highest BCUT2D eigenvalue weighted by atomic mass is 16.6. The maximum Gasteiger partial charge on any atom is 0.311 e. The number of likely N-dealkylation sites (tertiary alicyclic amines) is 1. The van der Waals surface area contributed by atoms with Gasteiger partial charge in [-0.05, 0) is 18.9 Å². The highest BCUT2D eigenvalue weighted by Gasteiger charge is 2.30. The zero-order valence-corrected chi connectivity index (χ0v) is 14.9. The van der Waals surface area contributed by atoms with Crippen molar-refractivity contribution in [2.45, 2.75) is 31.8 Å². The van der Waals surface area contributed by atoms with E-state index in [1.807, 2.05) is 4.90 Å². The molecule has 1 aromatic rings. The fraction of sp³-hybridized carbons (Fsp3) is 0.611. The third-order valence-corrected chi connectivity index (χ3v) is 4.97. The number of carbonyl (C=O) groups is 1. The standard InChI is InChI=1S/C18H24N2O6/c1-24-17-12-15(2-3-16(17)20(22)23)26-14-4-8-19(9-5-14)18(21)13-6-10-25-11-7-13/h2-3,12-14H,4-11H2,1H3. The summed E-state index contributed by atoms with van der Waals surface area (Å²) >= 11 is 0. The summed E-state index contributed by atoms with van der Waals surface area (Å²) in [6, 6.07) is 4.51. The molecule has 0 bridgehead atoms. The lowest BCUT2D eigenvalue weighted by Gasteiger charge is -2.35. The highest BCUT2D eigenvalue weighted by Crippen LogP contribution is 2.32. The van der Waals surface area contributed by atoms with E-state index in [-0.39, 0.29) is 29.4 Å². The van der Waals surface area contributed by atoms with E-state index in [0.29, 0.717) is 32.1 Å². The van der Waals surface area contributed by atoms with Crippen LogP contribution in [0.3, 0.4) is 0 Å². The van der Waals surface area contributed by atoms with Crippen LogP contribution in [-0.2, 0) is 9.53 Å². The molecule has 142 valence electrons. The molecule has 0 N–H and O–H groups in total. The van der Waals surface area contributed by atoms with Crippen molar-refractivity contribution in [3.63, 3.8) is 0 Å². The molecule has 2 aliphatic heterocycles. The summed E-state index contributed by atoms with van der Waals surface area (Å²) in [6.07, 6.45) is 3.08. The number of nitrogens with zero attached hydrogens (tertiary/aromatic N) is 2. The molecule has 8 heteroatoms. The van der Waals surface area contributed by atoms with Crippen molar-refractivity contribution in [1.82, 2.24) is 4.90 Å². The summed E-state index contributed by atoms with van der Waals surface area (Å²) in [5, 5.41) is 11.0. The molecule has 0 radical (unpaired) electrons. The lowest BCUT2D eigenvalue weighted by Crippen LogP contribution is -2.45. The minimum absolute atomic E-state index is 0.0140.